The van der Waals surface area contributed by atoms with Crippen LogP contribution in [0.5, 0.6) is 0 Å². The van der Waals surface area contributed by atoms with Crippen LogP contribution in [0.1, 0.15) is 31.2 Å². The number of ether oxygens (including phenoxy) is 1. The second kappa shape index (κ2) is 4.40. The van der Waals surface area contributed by atoms with Crippen molar-refractivity contribution in [3.8, 4) is 0 Å². The number of rotatable bonds is 2. The number of hydrogen-bond acceptors (Lipinski definition) is 2. The molecule has 2 aliphatic rings. The smallest absolute Gasteiger partial charge is 0.410 e. The van der Waals surface area contributed by atoms with Gasteiger partial charge >= 0.3 is 6.09 Å². The van der Waals surface area contributed by atoms with Crippen LogP contribution in [0.15, 0.2) is 30.3 Å². The van der Waals surface area contributed by atoms with E-state index in [2.05, 4.69) is 0 Å². The highest BCUT2D eigenvalue weighted by atomic mass is 16.6. The molecule has 0 aromatic heterocycles. The lowest BCUT2D eigenvalue weighted by molar-refractivity contribution is 0.120. The largest absolute Gasteiger partial charge is 0.445 e. The van der Waals surface area contributed by atoms with Crippen molar-refractivity contribution in [3.05, 3.63) is 35.9 Å². The number of benzene rings is 1. The Labute approximate surface area is 101 Å². The van der Waals surface area contributed by atoms with Crippen molar-refractivity contribution in [2.45, 2.75) is 44.4 Å². The molecular weight excluding hydrogens is 214 g/mol. The zero-order valence-corrected chi connectivity index (χ0v) is 9.84. The molecular formula is C14H17NO2. The van der Waals surface area contributed by atoms with Crippen LogP contribution in [-0.2, 0) is 11.3 Å². The molecule has 1 saturated carbocycles. The first-order chi connectivity index (χ1) is 8.36. The second-order valence-electron chi connectivity index (χ2n) is 4.87. The van der Waals surface area contributed by atoms with Crippen LogP contribution in [0.4, 0.5) is 4.79 Å². The fourth-order valence-corrected chi connectivity index (χ4v) is 2.77. The summed E-state index contributed by atoms with van der Waals surface area (Å²) in [7, 11) is 0. The topological polar surface area (TPSA) is 29.3 Å². The van der Waals surface area contributed by atoms with Crippen molar-refractivity contribution in [3.63, 3.8) is 0 Å². The van der Waals surface area contributed by atoms with Gasteiger partial charge in [0.05, 0.1) is 12.1 Å². The molecule has 90 valence electrons. The number of hydrogen-bond donors (Lipinski definition) is 0. The highest BCUT2D eigenvalue weighted by molar-refractivity contribution is 5.72. The number of fused-ring (bicyclic) bond motifs is 1. The van der Waals surface area contributed by atoms with E-state index in [-0.39, 0.29) is 6.09 Å². The zero-order chi connectivity index (χ0) is 11.7. The molecule has 3 heteroatoms. The number of carbonyl (C=O) groups excluding carboxylic acids is 1. The monoisotopic (exact) mass is 231 g/mol. The van der Waals surface area contributed by atoms with Gasteiger partial charge in [-0.3, -0.25) is 4.90 Å². The number of amides is 1. The van der Waals surface area contributed by atoms with E-state index in [0.29, 0.717) is 18.7 Å². The van der Waals surface area contributed by atoms with Gasteiger partial charge in [-0.25, -0.2) is 4.79 Å². The van der Waals surface area contributed by atoms with E-state index >= 15 is 0 Å². The predicted octanol–water partition coefficient (Wildman–Crippen LogP) is 2.95. The van der Waals surface area contributed by atoms with Gasteiger partial charge in [0.15, 0.2) is 0 Å². The van der Waals surface area contributed by atoms with Crippen molar-refractivity contribution in [1.82, 2.24) is 4.90 Å². The van der Waals surface area contributed by atoms with Crippen molar-refractivity contribution in [2.75, 3.05) is 0 Å². The summed E-state index contributed by atoms with van der Waals surface area (Å²) >= 11 is 0. The van der Waals surface area contributed by atoms with Crippen molar-refractivity contribution < 1.29 is 9.53 Å². The van der Waals surface area contributed by atoms with E-state index in [9.17, 15) is 4.79 Å². The molecule has 3 nitrogen and oxygen atoms in total. The van der Waals surface area contributed by atoms with Gasteiger partial charge in [-0.15, -0.1) is 0 Å². The molecule has 0 unspecified atom stereocenters. The van der Waals surface area contributed by atoms with Crippen LogP contribution in [0.2, 0.25) is 0 Å². The maximum atomic E-state index is 11.8. The molecule has 2 fully saturated rings. The van der Waals surface area contributed by atoms with Gasteiger partial charge in [-0.1, -0.05) is 43.2 Å². The van der Waals surface area contributed by atoms with Gasteiger partial charge in [0.1, 0.15) is 6.61 Å². The average Bonchev–Trinajstić information content (AvgIpc) is 3.11. The molecule has 2 atom stereocenters. The highest BCUT2D eigenvalue weighted by Crippen LogP contribution is 2.40. The summed E-state index contributed by atoms with van der Waals surface area (Å²) in [5, 5.41) is 0. The maximum Gasteiger partial charge on any atom is 0.410 e. The van der Waals surface area contributed by atoms with Crippen molar-refractivity contribution >= 4 is 6.09 Å². The van der Waals surface area contributed by atoms with Crippen molar-refractivity contribution in [1.29, 1.82) is 0 Å². The van der Waals surface area contributed by atoms with Crippen LogP contribution < -0.4 is 0 Å². The molecule has 0 spiro atoms. The molecule has 1 aliphatic carbocycles. The minimum atomic E-state index is -0.134. The standard InChI is InChI=1S/C14H17NO2/c16-14(15-12-8-4-5-9-13(12)15)17-10-11-6-2-1-3-7-11/h1-3,6-7,12-13H,4-5,8-10H2/t12-,13+,15?. The first kappa shape index (κ1) is 10.6. The number of carbonyl (C=O) groups is 1. The summed E-state index contributed by atoms with van der Waals surface area (Å²) in [6.45, 7) is 0.385. The summed E-state index contributed by atoms with van der Waals surface area (Å²) in [6, 6.07) is 10.8. The molecule has 0 N–H and O–H groups in total. The molecule has 1 aliphatic heterocycles. The molecule has 1 amide bonds. The SMILES string of the molecule is O=C(OCc1ccccc1)N1[C@@H]2CCCC[C@@H]21. The molecule has 0 bridgehead atoms. The van der Waals surface area contributed by atoms with Crippen LogP contribution in [0, 0.1) is 0 Å². The third kappa shape index (κ3) is 2.14. The van der Waals surface area contributed by atoms with E-state index in [4.69, 9.17) is 4.74 Å². The minimum Gasteiger partial charge on any atom is -0.445 e. The van der Waals surface area contributed by atoms with Crippen LogP contribution in [0.3, 0.4) is 0 Å². The number of nitrogens with zero attached hydrogens (tertiary/aromatic N) is 1. The molecule has 1 saturated heterocycles. The normalized spacial score (nSPS) is 26.2. The summed E-state index contributed by atoms with van der Waals surface area (Å²) in [6.07, 6.45) is 4.69. The van der Waals surface area contributed by atoms with Crippen LogP contribution >= 0.6 is 0 Å². The van der Waals surface area contributed by atoms with Crippen molar-refractivity contribution in [2.24, 2.45) is 0 Å². The second-order valence-corrected chi connectivity index (χ2v) is 4.87. The minimum absolute atomic E-state index is 0.134. The lowest BCUT2D eigenvalue weighted by Gasteiger charge is -2.06. The van der Waals surface area contributed by atoms with Gasteiger partial charge in [-0.05, 0) is 18.4 Å². The maximum absolute atomic E-state index is 11.8. The molecule has 3 rings (SSSR count). The average molecular weight is 231 g/mol. The first-order valence-corrected chi connectivity index (χ1v) is 6.35. The summed E-state index contributed by atoms with van der Waals surface area (Å²) in [4.78, 5) is 13.8. The summed E-state index contributed by atoms with van der Waals surface area (Å²) in [5.41, 5.74) is 1.05. The Morgan fingerprint density at radius 1 is 1.18 bits per heavy atom. The van der Waals surface area contributed by atoms with Gasteiger partial charge in [0.2, 0.25) is 0 Å². The summed E-state index contributed by atoms with van der Waals surface area (Å²) in [5.74, 6) is 0. The van der Waals surface area contributed by atoms with Gasteiger partial charge in [0.25, 0.3) is 0 Å². The van der Waals surface area contributed by atoms with Gasteiger partial charge < -0.3 is 4.74 Å². The van der Waals surface area contributed by atoms with Gasteiger partial charge in [-0.2, -0.15) is 0 Å². The van der Waals surface area contributed by atoms with E-state index in [1.54, 1.807) is 0 Å². The fourth-order valence-electron chi connectivity index (χ4n) is 2.77. The Balaban J connectivity index is 1.51. The van der Waals surface area contributed by atoms with Crippen LogP contribution in [0.25, 0.3) is 0 Å². The van der Waals surface area contributed by atoms with Crippen LogP contribution in [-0.4, -0.2) is 23.1 Å². The van der Waals surface area contributed by atoms with E-state index in [1.807, 2.05) is 35.2 Å². The Hall–Kier alpha value is -1.51. The highest BCUT2D eigenvalue weighted by Gasteiger charge is 2.52. The number of likely N-dealkylation sites (tertiary alicyclic amines) is 1. The summed E-state index contributed by atoms with van der Waals surface area (Å²) < 4.78 is 5.33. The van der Waals surface area contributed by atoms with E-state index in [0.717, 1.165) is 18.4 Å². The first-order valence-electron chi connectivity index (χ1n) is 6.35. The van der Waals surface area contributed by atoms with E-state index in [1.165, 1.54) is 12.8 Å². The Morgan fingerprint density at radius 3 is 2.47 bits per heavy atom. The third-order valence-electron chi connectivity index (χ3n) is 3.73. The van der Waals surface area contributed by atoms with Gasteiger partial charge in [0, 0.05) is 0 Å². The fraction of sp³-hybridized carbons (Fsp3) is 0.500. The lowest BCUT2D eigenvalue weighted by Crippen LogP contribution is -2.15. The predicted molar refractivity (Wildman–Crippen MR) is 64.5 cm³/mol. The molecule has 1 aromatic rings. The Kier molecular flexibility index (Phi) is 2.75. The Morgan fingerprint density at radius 2 is 1.82 bits per heavy atom. The molecule has 17 heavy (non-hydrogen) atoms. The molecule has 1 aromatic carbocycles. The quantitative estimate of drug-likeness (QED) is 0.732. The zero-order valence-electron chi connectivity index (χ0n) is 9.84. The molecule has 1 heterocycles. The Bertz CT molecular complexity index is 392. The van der Waals surface area contributed by atoms with E-state index < -0.39 is 0 Å². The third-order valence-corrected chi connectivity index (χ3v) is 3.73. The lowest BCUT2D eigenvalue weighted by atomic mass is 10.0. The molecule has 0 radical (unpaired) electrons.